The van der Waals surface area contributed by atoms with E-state index in [1.807, 2.05) is 19.1 Å². The zero-order valence-corrected chi connectivity index (χ0v) is 15.5. The second kappa shape index (κ2) is 7.89. The fraction of sp³-hybridized carbons (Fsp3) is 0.100. The molecule has 6 nitrogen and oxygen atoms in total. The van der Waals surface area contributed by atoms with E-state index in [0.717, 1.165) is 5.56 Å². The number of esters is 1. The predicted octanol–water partition coefficient (Wildman–Crippen LogP) is 3.56. The third kappa shape index (κ3) is 4.07. The van der Waals surface area contributed by atoms with Crippen molar-refractivity contribution in [3.63, 3.8) is 0 Å². The van der Waals surface area contributed by atoms with Gasteiger partial charge in [0.2, 0.25) is 0 Å². The Bertz CT molecular complexity index is 1120. The number of ether oxygens (including phenoxy) is 1. The normalized spacial score (nSPS) is 10.3. The molecule has 7 heteroatoms. The summed E-state index contributed by atoms with van der Waals surface area (Å²) in [7, 11) is 0. The number of hydrogen-bond donors (Lipinski definition) is 1. The average Bonchev–Trinajstić information content (AvgIpc) is 2.67. The van der Waals surface area contributed by atoms with Crippen molar-refractivity contribution in [3.05, 3.63) is 75.6 Å². The molecule has 0 aliphatic carbocycles. The Kier molecular flexibility index (Phi) is 5.38. The zero-order valence-electron chi connectivity index (χ0n) is 14.6. The number of rotatable bonds is 4. The molecular weight excluding hydrogens is 362 g/mol. The highest BCUT2D eigenvalue weighted by molar-refractivity contribution is 7.98. The van der Waals surface area contributed by atoms with Crippen LogP contribution in [0.4, 0.5) is 0 Å². The summed E-state index contributed by atoms with van der Waals surface area (Å²) in [5, 5.41) is 9.71. The second-order valence-electron chi connectivity index (χ2n) is 5.70. The number of aromatic amines is 1. The zero-order chi connectivity index (χ0) is 19.4. The molecule has 0 spiro atoms. The van der Waals surface area contributed by atoms with Gasteiger partial charge in [0, 0.05) is 5.56 Å². The number of aromatic nitrogens is 2. The number of benzene rings is 2. The summed E-state index contributed by atoms with van der Waals surface area (Å²) in [4.78, 5) is 31.3. The molecule has 0 aliphatic heterocycles. The lowest BCUT2D eigenvalue weighted by Crippen LogP contribution is -2.14. The van der Waals surface area contributed by atoms with Crippen molar-refractivity contribution in [1.82, 2.24) is 9.97 Å². The average molecular weight is 377 g/mol. The molecule has 1 heterocycles. The van der Waals surface area contributed by atoms with Crippen LogP contribution in [0.25, 0.3) is 11.3 Å². The molecule has 0 amide bonds. The highest BCUT2D eigenvalue weighted by Gasteiger charge is 2.15. The molecule has 0 fully saturated rings. The minimum absolute atomic E-state index is 0.0880. The first-order chi connectivity index (χ1) is 13.0. The lowest BCUT2D eigenvalue weighted by Gasteiger charge is -2.08. The van der Waals surface area contributed by atoms with E-state index in [0.29, 0.717) is 22.0 Å². The van der Waals surface area contributed by atoms with Crippen molar-refractivity contribution in [2.24, 2.45) is 0 Å². The monoisotopic (exact) mass is 377 g/mol. The third-order valence-electron chi connectivity index (χ3n) is 3.77. The summed E-state index contributed by atoms with van der Waals surface area (Å²) in [6.45, 7) is 1.89. The first-order valence-electron chi connectivity index (χ1n) is 7.99. The van der Waals surface area contributed by atoms with Gasteiger partial charge in [0.1, 0.15) is 17.4 Å². The summed E-state index contributed by atoms with van der Waals surface area (Å²) >= 11 is 1.26. The van der Waals surface area contributed by atoms with Crippen molar-refractivity contribution >= 4 is 17.7 Å². The van der Waals surface area contributed by atoms with Crippen LogP contribution < -0.4 is 10.3 Å². The molecule has 2 aromatic carbocycles. The van der Waals surface area contributed by atoms with Crippen LogP contribution in [0.2, 0.25) is 0 Å². The number of H-pyrrole nitrogens is 1. The van der Waals surface area contributed by atoms with Crippen molar-refractivity contribution < 1.29 is 9.53 Å². The van der Waals surface area contributed by atoms with Crippen molar-refractivity contribution in [2.45, 2.75) is 12.1 Å². The van der Waals surface area contributed by atoms with Gasteiger partial charge >= 0.3 is 5.97 Å². The largest absolute Gasteiger partial charge is 0.423 e. The summed E-state index contributed by atoms with van der Waals surface area (Å²) in [6.07, 6.45) is 1.77. The van der Waals surface area contributed by atoms with Crippen molar-refractivity contribution in [3.8, 4) is 23.1 Å². The Hall–Kier alpha value is -3.37. The van der Waals surface area contributed by atoms with E-state index < -0.39 is 11.5 Å². The topological polar surface area (TPSA) is 95.8 Å². The molecule has 0 atom stereocenters. The van der Waals surface area contributed by atoms with E-state index in [1.54, 1.807) is 48.7 Å². The van der Waals surface area contributed by atoms with Crippen LogP contribution in [-0.2, 0) is 0 Å². The summed E-state index contributed by atoms with van der Waals surface area (Å²) in [5.74, 6) is -0.185. The van der Waals surface area contributed by atoms with E-state index in [-0.39, 0.29) is 11.3 Å². The van der Waals surface area contributed by atoms with Gasteiger partial charge in [-0.2, -0.15) is 5.26 Å². The summed E-state index contributed by atoms with van der Waals surface area (Å²) in [5.41, 5.74) is 1.57. The first kappa shape index (κ1) is 18.4. The molecule has 0 aliphatic rings. The lowest BCUT2D eigenvalue weighted by atomic mass is 10.1. The van der Waals surface area contributed by atoms with E-state index in [1.165, 1.54) is 11.8 Å². The van der Waals surface area contributed by atoms with Crippen molar-refractivity contribution in [1.29, 1.82) is 5.26 Å². The number of carbonyl (C=O) groups excluding carboxylic acids is 1. The molecule has 0 radical (unpaired) electrons. The maximum absolute atomic E-state index is 12.3. The number of nitriles is 1. The molecule has 0 saturated carbocycles. The van der Waals surface area contributed by atoms with Crippen LogP contribution in [0.1, 0.15) is 21.5 Å². The molecule has 1 aromatic heterocycles. The SMILES string of the molecule is CSc1nc(-c2cccc(OC(=O)c3cccc(C)c3)c2)c(C#N)c(=O)[nH]1. The van der Waals surface area contributed by atoms with E-state index >= 15 is 0 Å². The smallest absolute Gasteiger partial charge is 0.343 e. The number of thioether (sulfide) groups is 1. The van der Waals surface area contributed by atoms with E-state index in [4.69, 9.17) is 4.74 Å². The summed E-state index contributed by atoms with van der Waals surface area (Å²) in [6, 6.07) is 15.6. The molecule has 0 unspecified atom stereocenters. The Morgan fingerprint density at radius 2 is 2.00 bits per heavy atom. The molecule has 3 rings (SSSR count). The minimum Gasteiger partial charge on any atom is -0.423 e. The molecule has 134 valence electrons. The van der Waals surface area contributed by atoms with Gasteiger partial charge in [-0.1, -0.05) is 41.6 Å². The molecular formula is C20H15N3O3S. The van der Waals surface area contributed by atoms with Crippen LogP contribution in [0, 0.1) is 18.3 Å². The predicted molar refractivity (Wildman–Crippen MR) is 103 cm³/mol. The van der Waals surface area contributed by atoms with E-state index in [2.05, 4.69) is 9.97 Å². The van der Waals surface area contributed by atoms with Crippen molar-refractivity contribution in [2.75, 3.05) is 6.26 Å². The minimum atomic E-state index is -0.506. The number of hydrogen-bond acceptors (Lipinski definition) is 6. The van der Waals surface area contributed by atoms with Gasteiger partial charge in [0.15, 0.2) is 5.16 Å². The van der Waals surface area contributed by atoms with Gasteiger partial charge in [-0.05, 0) is 37.4 Å². The van der Waals surface area contributed by atoms with Gasteiger partial charge in [0.25, 0.3) is 5.56 Å². The van der Waals surface area contributed by atoms with Gasteiger partial charge in [0.05, 0.1) is 11.3 Å². The summed E-state index contributed by atoms with van der Waals surface area (Å²) < 4.78 is 5.44. The van der Waals surface area contributed by atoms with Gasteiger partial charge in [-0.3, -0.25) is 4.79 Å². The highest BCUT2D eigenvalue weighted by Crippen LogP contribution is 2.25. The number of nitrogens with one attached hydrogen (secondary N) is 1. The van der Waals surface area contributed by atoms with Gasteiger partial charge < -0.3 is 9.72 Å². The Labute approximate surface area is 159 Å². The lowest BCUT2D eigenvalue weighted by molar-refractivity contribution is 0.0735. The van der Waals surface area contributed by atoms with Crippen LogP contribution in [0.15, 0.2) is 58.5 Å². The molecule has 3 aromatic rings. The molecule has 0 bridgehead atoms. The molecule has 27 heavy (non-hydrogen) atoms. The Morgan fingerprint density at radius 3 is 2.70 bits per heavy atom. The van der Waals surface area contributed by atoms with Gasteiger partial charge in [-0.15, -0.1) is 0 Å². The standard InChI is InChI=1S/C20H15N3O3S/c1-12-5-3-7-14(9-12)19(25)26-15-8-4-6-13(10-15)17-16(11-21)18(24)23-20(22-17)27-2/h3-10H,1-2H3,(H,22,23,24). The maximum Gasteiger partial charge on any atom is 0.343 e. The van der Waals surface area contributed by atoms with E-state index in [9.17, 15) is 14.9 Å². The number of aryl methyl sites for hydroxylation is 1. The first-order valence-corrected chi connectivity index (χ1v) is 9.22. The highest BCUT2D eigenvalue weighted by atomic mass is 32.2. The van der Waals surface area contributed by atoms with Crippen LogP contribution in [0.5, 0.6) is 5.75 Å². The fourth-order valence-corrected chi connectivity index (χ4v) is 2.88. The Balaban J connectivity index is 1.97. The quantitative estimate of drug-likeness (QED) is 0.323. The van der Waals surface area contributed by atoms with Crippen LogP contribution in [0.3, 0.4) is 0 Å². The van der Waals surface area contributed by atoms with Crippen LogP contribution >= 0.6 is 11.8 Å². The van der Waals surface area contributed by atoms with Gasteiger partial charge in [-0.25, -0.2) is 9.78 Å². The number of nitrogens with zero attached hydrogens (tertiary/aromatic N) is 2. The third-order valence-corrected chi connectivity index (χ3v) is 4.35. The fourth-order valence-electron chi connectivity index (χ4n) is 2.51. The van der Waals surface area contributed by atoms with Crippen LogP contribution in [-0.4, -0.2) is 22.2 Å². The maximum atomic E-state index is 12.3. The Morgan fingerprint density at radius 1 is 1.22 bits per heavy atom. The second-order valence-corrected chi connectivity index (χ2v) is 6.49. The molecule has 0 saturated heterocycles. The molecule has 1 N–H and O–H groups in total. The number of carbonyl (C=O) groups is 1.